The molecule has 0 aliphatic carbocycles. The first-order chi connectivity index (χ1) is 11.5. The lowest BCUT2D eigenvalue weighted by Crippen LogP contribution is -2.21. The molecule has 10 heteroatoms. The molecule has 0 aromatic carbocycles. The number of rotatable bonds is 5. The molecule has 0 amide bonds. The van der Waals surface area contributed by atoms with Gasteiger partial charge in [0.05, 0.1) is 12.5 Å². The fourth-order valence-electron chi connectivity index (χ4n) is 1.92. The Balaban J connectivity index is 2.06. The molecule has 0 atom stereocenters. The van der Waals surface area contributed by atoms with Crippen molar-refractivity contribution in [2.75, 3.05) is 7.11 Å². The number of aromatic nitrogens is 3. The molecule has 124 valence electrons. The SMILES string of the molecule is C=CCn1c(Sc2nc(Cl)c(C(=O)OC)s2)nc2sccc2c1=O. The van der Waals surface area contributed by atoms with Gasteiger partial charge in [-0.05, 0) is 23.2 Å². The maximum Gasteiger partial charge on any atom is 0.351 e. The number of hydrogen-bond donors (Lipinski definition) is 0. The third-order valence-electron chi connectivity index (χ3n) is 2.98. The summed E-state index contributed by atoms with van der Waals surface area (Å²) in [5.41, 5.74) is -0.139. The predicted molar refractivity (Wildman–Crippen MR) is 96.7 cm³/mol. The number of carbonyl (C=O) groups excluding carboxylic acids is 1. The maximum atomic E-state index is 12.6. The Kier molecular flexibility index (Phi) is 5.04. The van der Waals surface area contributed by atoms with E-state index in [9.17, 15) is 9.59 Å². The molecule has 0 saturated heterocycles. The molecule has 0 radical (unpaired) electrons. The molecule has 3 rings (SSSR count). The van der Waals surface area contributed by atoms with E-state index < -0.39 is 5.97 Å². The van der Waals surface area contributed by atoms with E-state index in [1.807, 2.05) is 5.38 Å². The van der Waals surface area contributed by atoms with E-state index in [2.05, 4.69) is 21.3 Å². The van der Waals surface area contributed by atoms with Gasteiger partial charge in [-0.15, -0.1) is 17.9 Å². The Labute approximate surface area is 153 Å². The monoisotopic (exact) mass is 399 g/mol. The number of halogens is 1. The highest BCUT2D eigenvalue weighted by molar-refractivity contribution is 8.00. The van der Waals surface area contributed by atoms with Crippen LogP contribution in [0.15, 0.2) is 38.4 Å². The normalized spacial score (nSPS) is 10.9. The van der Waals surface area contributed by atoms with Gasteiger partial charge in [0.2, 0.25) is 0 Å². The smallest absolute Gasteiger partial charge is 0.351 e. The van der Waals surface area contributed by atoms with Crippen molar-refractivity contribution < 1.29 is 9.53 Å². The first-order valence-electron chi connectivity index (χ1n) is 6.56. The van der Waals surface area contributed by atoms with Crippen molar-refractivity contribution in [1.29, 1.82) is 0 Å². The molecular weight excluding hydrogens is 390 g/mol. The Morgan fingerprint density at radius 1 is 1.54 bits per heavy atom. The minimum atomic E-state index is -0.547. The van der Waals surface area contributed by atoms with Crippen LogP contribution in [0.3, 0.4) is 0 Å². The summed E-state index contributed by atoms with van der Waals surface area (Å²) in [5.74, 6) is -0.547. The van der Waals surface area contributed by atoms with Crippen molar-refractivity contribution in [2.45, 2.75) is 16.0 Å². The highest BCUT2D eigenvalue weighted by atomic mass is 35.5. The quantitative estimate of drug-likeness (QED) is 0.370. The van der Waals surface area contributed by atoms with Crippen molar-refractivity contribution in [3.63, 3.8) is 0 Å². The van der Waals surface area contributed by atoms with E-state index in [-0.39, 0.29) is 15.6 Å². The lowest BCUT2D eigenvalue weighted by atomic mass is 10.4. The molecule has 3 aromatic rings. The van der Waals surface area contributed by atoms with Gasteiger partial charge >= 0.3 is 5.97 Å². The van der Waals surface area contributed by atoms with Gasteiger partial charge in [-0.3, -0.25) is 9.36 Å². The predicted octanol–water partition coefficient (Wildman–Crippen LogP) is 3.69. The summed E-state index contributed by atoms with van der Waals surface area (Å²) in [6, 6.07) is 1.75. The maximum absolute atomic E-state index is 12.6. The number of carbonyl (C=O) groups is 1. The number of methoxy groups -OCH3 is 1. The molecule has 24 heavy (non-hydrogen) atoms. The van der Waals surface area contributed by atoms with Crippen LogP contribution in [0.2, 0.25) is 5.15 Å². The number of nitrogens with zero attached hydrogens (tertiary/aromatic N) is 3. The van der Waals surface area contributed by atoms with Gasteiger partial charge in [0.15, 0.2) is 19.5 Å². The van der Waals surface area contributed by atoms with Crippen LogP contribution in [0, 0.1) is 0 Å². The van der Waals surface area contributed by atoms with Gasteiger partial charge in [0.25, 0.3) is 5.56 Å². The van der Waals surface area contributed by atoms with Gasteiger partial charge in [-0.25, -0.2) is 14.8 Å². The Morgan fingerprint density at radius 3 is 3.04 bits per heavy atom. The summed E-state index contributed by atoms with van der Waals surface area (Å²) in [4.78, 5) is 33.7. The summed E-state index contributed by atoms with van der Waals surface area (Å²) in [6.07, 6.45) is 1.63. The lowest BCUT2D eigenvalue weighted by Gasteiger charge is -2.08. The zero-order valence-electron chi connectivity index (χ0n) is 12.3. The van der Waals surface area contributed by atoms with Gasteiger partial charge in [-0.2, -0.15) is 0 Å². The number of esters is 1. The second-order valence-electron chi connectivity index (χ2n) is 4.43. The lowest BCUT2D eigenvalue weighted by molar-refractivity contribution is 0.0606. The van der Waals surface area contributed by atoms with Gasteiger partial charge in [0.1, 0.15) is 4.83 Å². The summed E-state index contributed by atoms with van der Waals surface area (Å²) in [6.45, 7) is 4.00. The molecular formula is C14H10ClN3O3S3. The minimum absolute atomic E-state index is 0.0733. The molecule has 0 N–H and O–H groups in total. The Bertz CT molecular complexity index is 992. The van der Waals surface area contributed by atoms with Crippen molar-refractivity contribution in [1.82, 2.24) is 14.5 Å². The fourth-order valence-corrected chi connectivity index (χ4v) is 5.06. The summed E-state index contributed by atoms with van der Waals surface area (Å²) < 4.78 is 6.68. The van der Waals surface area contributed by atoms with Crippen LogP contribution in [0.25, 0.3) is 10.2 Å². The standard InChI is InChI=1S/C14H10ClN3O3S3/c1-3-5-18-11(19)7-4-6-22-10(7)17-13(18)24-14-16-9(15)8(23-14)12(20)21-2/h3-4,6H,1,5H2,2H3. The molecule has 0 bridgehead atoms. The van der Waals surface area contributed by atoms with Crippen LogP contribution in [0.1, 0.15) is 9.67 Å². The van der Waals surface area contributed by atoms with Crippen LogP contribution in [0.5, 0.6) is 0 Å². The highest BCUT2D eigenvalue weighted by Gasteiger charge is 2.20. The summed E-state index contributed by atoms with van der Waals surface area (Å²) >= 11 is 9.64. The molecule has 3 heterocycles. The van der Waals surface area contributed by atoms with Gasteiger partial charge < -0.3 is 4.74 Å². The number of allylic oxidation sites excluding steroid dienone is 1. The van der Waals surface area contributed by atoms with Crippen LogP contribution in [-0.4, -0.2) is 27.6 Å². The second-order valence-corrected chi connectivity index (χ2v) is 7.90. The Morgan fingerprint density at radius 2 is 2.33 bits per heavy atom. The fraction of sp³-hybridized carbons (Fsp3) is 0.143. The molecule has 0 fully saturated rings. The third kappa shape index (κ3) is 3.12. The molecule has 3 aromatic heterocycles. The third-order valence-corrected chi connectivity index (χ3v) is 6.26. The molecule has 0 aliphatic heterocycles. The van der Waals surface area contributed by atoms with Crippen molar-refractivity contribution in [2.24, 2.45) is 0 Å². The van der Waals surface area contributed by atoms with E-state index in [1.165, 1.54) is 34.8 Å². The molecule has 6 nitrogen and oxygen atoms in total. The minimum Gasteiger partial charge on any atom is -0.465 e. The van der Waals surface area contributed by atoms with Crippen LogP contribution in [-0.2, 0) is 11.3 Å². The number of thiazole rings is 1. The molecule has 0 spiro atoms. The zero-order valence-corrected chi connectivity index (χ0v) is 15.5. The van der Waals surface area contributed by atoms with Gasteiger partial charge in [-0.1, -0.05) is 29.0 Å². The second kappa shape index (κ2) is 7.06. The van der Waals surface area contributed by atoms with Crippen LogP contribution >= 0.6 is 46.0 Å². The number of thiophene rings is 1. The molecule has 0 saturated carbocycles. The zero-order chi connectivity index (χ0) is 17.3. The average Bonchev–Trinajstić information content (AvgIpc) is 3.17. The molecule has 0 aliphatic rings. The van der Waals surface area contributed by atoms with E-state index in [1.54, 1.807) is 12.1 Å². The van der Waals surface area contributed by atoms with E-state index >= 15 is 0 Å². The van der Waals surface area contributed by atoms with Crippen LogP contribution < -0.4 is 5.56 Å². The number of fused-ring (bicyclic) bond motifs is 1. The first kappa shape index (κ1) is 17.2. The highest BCUT2D eigenvalue weighted by Crippen LogP contribution is 2.35. The average molecular weight is 400 g/mol. The summed E-state index contributed by atoms with van der Waals surface area (Å²) in [7, 11) is 1.28. The van der Waals surface area contributed by atoms with Gasteiger partial charge in [0, 0.05) is 6.54 Å². The Hall–Kier alpha value is -1.68. The van der Waals surface area contributed by atoms with E-state index in [0.29, 0.717) is 26.3 Å². The number of hydrogen-bond acceptors (Lipinski definition) is 8. The summed E-state index contributed by atoms with van der Waals surface area (Å²) in [5, 5.41) is 2.93. The first-order valence-corrected chi connectivity index (χ1v) is 9.45. The topological polar surface area (TPSA) is 74.1 Å². The largest absolute Gasteiger partial charge is 0.465 e. The van der Waals surface area contributed by atoms with E-state index in [4.69, 9.17) is 11.6 Å². The number of ether oxygens (including phenoxy) is 1. The van der Waals surface area contributed by atoms with Crippen molar-refractivity contribution in [3.8, 4) is 0 Å². The van der Waals surface area contributed by atoms with Crippen molar-refractivity contribution >= 4 is 62.2 Å². The van der Waals surface area contributed by atoms with Crippen molar-refractivity contribution in [3.05, 3.63) is 44.5 Å². The van der Waals surface area contributed by atoms with E-state index in [0.717, 1.165) is 11.3 Å². The molecule has 0 unspecified atom stereocenters. The van der Waals surface area contributed by atoms with Crippen LogP contribution in [0.4, 0.5) is 0 Å².